The Kier molecular flexibility index (Phi) is 5.26. The fourth-order valence-electron chi connectivity index (χ4n) is 1.80. The van der Waals surface area contributed by atoms with Crippen molar-refractivity contribution in [1.29, 1.82) is 5.26 Å². The van der Waals surface area contributed by atoms with E-state index < -0.39 is 18.1 Å². The van der Waals surface area contributed by atoms with E-state index in [2.05, 4.69) is 9.97 Å². The molecule has 0 aliphatic heterocycles. The molecule has 0 saturated carbocycles. The van der Waals surface area contributed by atoms with Crippen LogP contribution in [0.2, 0.25) is 5.02 Å². The molecule has 0 radical (unpaired) electrons. The Balaban J connectivity index is 2.68. The summed E-state index contributed by atoms with van der Waals surface area (Å²) in [4.78, 5) is 29.4. The summed E-state index contributed by atoms with van der Waals surface area (Å²) >= 11 is 7.16. The van der Waals surface area contributed by atoms with Gasteiger partial charge in [0.05, 0.1) is 0 Å². The van der Waals surface area contributed by atoms with Crippen LogP contribution < -0.4 is 10.3 Å². The summed E-state index contributed by atoms with van der Waals surface area (Å²) in [7, 11) is 0. The van der Waals surface area contributed by atoms with Gasteiger partial charge in [-0.2, -0.15) is 5.26 Å². The average molecular weight is 352 g/mol. The molecule has 1 heterocycles. The van der Waals surface area contributed by atoms with Gasteiger partial charge in [-0.05, 0) is 24.5 Å². The van der Waals surface area contributed by atoms with Gasteiger partial charge in [-0.1, -0.05) is 23.4 Å². The van der Waals surface area contributed by atoms with Gasteiger partial charge in [-0.3, -0.25) is 4.79 Å². The number of aromatic nitrogens is 2. The van der Waals surface area contributed by atoms with Gasteiger partial charge < -0.3 is 14.8 Å². The van der Waals surface area contributed by atoms with Crippen LogP contribution in [0, 0.1) is 11.3 Å². The third-order valence-electron chi connectivity index (χ3n) is 2.75. The highest BCUT2D eigenvalue weighted by Crippen LogP contribution is 2.33. The van der Waals surface area contributed by atoms with Crippen molar-refractivity contribution in [2.45, 2.75) is 5.16 Å². The number of halogens is 1. The van der Waals surface area contributed by atoms with Crippen molar-refractivity contribution in [3.63, 3.8) is 0 Å². The number of hydrogen-bond donors (Lipinski definition) is 2. The lowest BCUT2D eigenvalue weighted by molar-refractivity contribution is -0.139. The van der Waals surface area contributed by atoms with E-state index in [1.807, 2.05) is 0 Å². The Hall–Kier alpha value is -2.50. The second-order valence-corrected chi connectivity index (χ2v) is 5.46. The first-order valence-electron chi connectivity index (χ1n) is 6.19. The molecule has 9 heteroatoms. The average Bonchev–Trinajstić information content (AvgIpc) is 2.52. The fraction of sp³-hybridized carbons (Fsp3) is 0.143. The quantitative estimate of drug-likeness (QED) is 0.626. The summed E-state index contributed by atoms with van der Waals surface area (Å²) in [5.41, 5.74) is -0.434. The maximum absolute atomic E-state index is 12.0. The Morgan fingerprint density at radius 1 is 1.57 bits per heavy atom. The van der Waals surface area contributed by atoms with Gasteiger partial charge in [-0.15, -0.1) is 0 Å². The highest BCUT2D eigenvalue weighted by Gasteiger charge is 2.18. The third-order valence-corrected chi connectivity index (χ3v) is 3.57. The number of aliphatic carboxylic acids is 1. The number of nitriles is 1. The number of nitrogens with zero attached hydrogens (tertiary/aromatic N) is 2. The maximum Gasteiger partial charge on any atom is 0.341 e. The van der Waals surface area contributed by atoms with Crippen molar-refractivity contribution in [2.24, 2.45) is 0 Å². The molecule has 1 aromatic carbocycles. The molecule has 0 aliphatic carbocycles. The molecule has 0 amide bonds. The smallest absolute Gasteiger partial charge is 0.341 e. The number of carbonyl (C=O) groups is 1. The van der Waals surface area contributed by atoms with Crippen molar-refractivity contribution >= 4 is 29.3 Å². The first-order chi connectivity index (χ1) is 11.0. The van der Waals surface area contributed by atoms with Crippen molar-refractivity contribution < 1.29 is 14.6 Å². The lowest BCUT2D eigenvalue weighted by Gasteiger charge is -2.11. The Morgan fingerprint density at radius 3 is 2.91 bits per heavy atom. The molecular formula is C14H10ClN3O4S. The van der Waals surface area contributed by atoms with Gasteiger partial charge in [0.2, 0.25) is 0 Å². The van der Waals surface area contributed by atoms with Gasteiger partial charge in [0.1, 0.15) is 23.1 Å². The molecule has 7 nitrogen and oxygen atoms in total. The number of H-pyrrole nitrogens is 1. The summed E-state index contributed by atoms with van der Waals surface area (Å²) in [6.45, 7) is -0.574. The van der Waals surface area contributed by atoms with Gasteiger partial charge in [0, 0.05) is 10.6 Å². The monoisotopic (exact) mass is 351 g/mol. The van der Waals surface area contributed by atoms with Gasteiger partial charge >= 0.3 is 5.97 Å². The molecule has 0 bridgehead atoms. The summed E-state index contributed by atoms with van der Waals surface area (Å²) in [6.07, 6.45) is 1.72. The SMILES string of the molecule is CSc1nc(-c2cc(Cl)ccc2OCC(=O)O)c(C#N)c(=O)[nH]1. The number of carboxylic acid groups (broad SMARTS) is 1. The molecule has 0 atom stereocenters. The van der Waals surface area contributed by atoms with E-state index in [0.717, 1.165) is 0 Å². The molecule has 118 valence electrons. The third kappa shape index (κ3) is 3.83. The van der Waals surface area contributed by atoms with E-state index in [1.165, 1.54) is 30.0 Å². The number of carboxylic acids is 1. The normalized spacial score (nSPS) is 10.1. The van der Waals surface area contributed by atoms with Crippen LogP contribution in [0.25, 0.3) is 11.3 Å². The highest BCUT2D eigenvalue weighted by atomic mass is 35.5. The standard InChI is InChI=1S/C14H10ClN3O4S/c1-23-14-17-12(9(5-16)13(21)18-14)8-4-7(15)2-3-10(8)22-6-11(19)20/h2-4H,6H2,1H3,(H,19,20)(H,17,18,21). The highest BCUT2D eigenvalue weighted by molar-refractivity contribution is 7.98. The molecular weight excluding hydrogens is 342 g/mol. The number of thioether (sulfide) groups is 1. The van der Waals surface area contributed by atoms with Crippen LogP contribution in [0.4, 0.5) is 0 Å². The van der Waals surface area contributed by atoms with Crippen LogP contribution >= 0.6 is 23.4 Å². The van der Waals surface area contributed by atoms with E-state index in [9.17, 15) is 14.9 Å². The largest absolute Gasteiger partial charge is 0.481 e. The molecule has 0 fully saturated rings. The summed E-state index contributed by atoms with van der Waals surface area (Å²) in [5, 5.41) is 18.6. The lowest BCUT2D eigenvalue weighted by atomic mass is 10.1. The minimum atomic E-state index is -1.16. The molecule has 0 unspecified atom stereocenters. The van der Waals surface area contributed by atoms with Crippen molar-refractivity contribution in [3.05, 3.63) is 39.1 Å². The second-order valence-electron chi connectivity index (χ2n) is 4.23. The Morgan fingerprint density at radius 2 is 2.30 bits per heavy atom. The minimum absolute atomic E-state index is 0.0866. The summed E-state index contributed by atoms with van der Waals surface area (Å²) in [5.74, 6) is -0.992. The van der Waals surface area contributed by atoms with E-state index in [4.69, 9.17) is 21.4 Å². The number of benzene rings is 1. The van der Waals surface area contributed by atoms with Gasteiger partial charge in [0.25, 0.3) is 5.56 Å². The number of ether oxygens (including phenoxy) is 1. The first-order valence-corrected chi connectivity index (χ1v) is 7.79. The van der Waals surface area contributed by atoms with Gasteiger partial charge in [-0.25, -0.2) is 9.78 Å². The topological polar surface area (TPSA) is 116 Å². The molecule has 0 spiro atoms. The van der Waals surface area contributed by atoms with Crippen molar-refractivity contribution in [3.8, 4) is 23.1 Å². The zero-order valence-electron chi connectivity index (χ0n) is 11.8. The molecule has 23 heavy (non-hydrogen) atoms. The Bertz CT molecular complexity index is 860. The first kappa shape index (κ1) is 16.9. The number of rotatable bonds is 5. The Labute approximate surface area is 139 Å². The molecule has 2 N–H and O–H groups in total. The van der Waals surface area contributed by atoms with Crippen LogP contribution in [0.3, 0.4) is 0 Å². The van der Waals surface area contributed by atoms with Crippen molar-refractivity contribution in [1.82, 2.24) is 9.97 Å². The molecule has 1 aromatic heterocycles. The van der Waals surface area contributed by atoms with E-state index in [1.54, 1.807) is 12.3 Å². The fourth-order valence-corrected chi connectivity index (χ4v) is 2.35. The van der Waals surface area contributed by atoms with E-state index in [-0.39, 0.29) is 22.6 Å². The minimum Gasteiger partial charge on any atom is -0.481 e. The van der Waals surface area contributed by atoms with Crippen LogP contribution in [0.15, 0.2) is 28.2 Å². The maximum atomic E-state index is 12.0. The zero-order valence-corrected chi connectivity index (χ0v) is 13.4. The number of aromatic amines is 1. The van der Waals surface area contributed by atoms with E-state index >= 15 is 0 Å². The van der Waals surface area contributed by atoms with Crippen molar-refractivity contribution in [2.75, 3.05) is 12.9 Å². The summed E-state index contributed by atoms with van der Waals surface area (Å²) < 4.78 is 5.19. The number of nitrogens with one attached hydrogen (secondary N) is 1. The number of hydrogen-bond acceptors (Lipinski definition) is 6. The predicted molar refractivity (Wildman–Crippen MR) is 84.9 cm³/mol. The lowest BCUT2D eigenvalue weighted by Crippen LogP contribution is -2.15. The summed E-state index contributed by atoms with van der Waals surface area (Å²) in [6, 6.07) is 6.23. The van der Waals surface area contributed by atoms with Crippen LogP contribution in [0.1, 0.15) is 5.56 Å². The van der Waals surface area contributed by atoms with Crippen LogP contribution in [0.5, 0.6) is 5.75 Å². The molecule has 0 aliphatic rings. The predicted octanol–water partition coefficient (Wildman–Crippen LogP) is 2.15. The van der Waals surface area contributed by atoms with E-state index in [0.29, 0.717) is 10.2 Å². The molecule has 2 rings (SSSR count). The van der Waals surface area contributed by atoms with Crippen LogP contribution in [-0.2, 0) is 4.79 Å². The zero-order chi connectivity index (χ0) is 17.0. The van der Waals surface area contributed by atoms with Crippen LogP contribution in [-0.4, -0.2) is 33.9 Å². The van der Waals surface area contributed by atoms with Gasteiger partial charge in [0.15, 0.2) is 11.8 Å². The molecule has 0 saturated heterocycles. The second kappa shape index (κ2) is 7.17. The molecule has 2 aromatic rings.